The number of rotatable bonds is 5. The fraction of sp³-hybridized carbons (Fsp3) is 0. The number of benzene rings is 10. The van der Waals surface area contributed by atoms with Crippen LogP contribution in [0.2, 0.25) is 0 Å². The molecule has 0 bridgehead atoms. The van der Waals surface area contributed by atoms with Crippen LogP contribution in [0.3, 0.4) is 0 Å². The van der Waals surface area contributed by atoms with Gasteiger partial charge in [-0.2, -0.15) is 0 Å². The molecule has 298 valence electrons. The summed E-state index contributed by atoms with van der Waals surface area (Å²) in [5.74, 6) is 0. The quantitative estimate of drug-likeness (QED) is 0.165. The fourth-order valence-electron chi connectivity index (χ4n) is 10.8. The highest BCUT2D eigenvalue weighted by Gasteiger charge is 2.19. The number of fused-ring (bicyclic) bond motifs is 12. The van der Waals surface area contributed by atoms with Crippen LogP contribution >= 0.6 is 0 Å². The van der Waals surface area contributed by atoms with Gasteiger partial charge < -0.3 is 18.3 Å². The highest BCUT2D eigenvalue weighted by molar-refractivity contribution is 6.14. The Labute approximate surface area is 368 Å². The van der Waals surface area contributed by atoms with Gasteiger partial charge in [-0.15, -0.1) is 0 Å². The van der Waals surface area contributed by atoms with E-state index in [1.165, 1.54) is 104 Å². The topological polar surface area (TPSA) is 19.7 Å². The summed E-state index contributed by atoms with van der Waals surface area (Å²) in [4.78, 5) is 0. The SMILES string of the molecule is c1ccc(-n2c3ccccc3c3cc(-c4ccc5c(c4)c4ccccc4n5-c4ccc5c6ccccc6n(-c6cccc(-n7c8ccccc8c8ccccc87)c6)c5c4)ccc32)cc1. The van der Waals surface area contributed by atoms with Gasteiger partial charge in [-0.05, 0) is 108 Å². The second-order valence-corrected chi connectivity index (χ2v) is 16.9. The zero-order valence-electron chi connectivity index (χ0n) is 34.7. The molecule has 0 amide bonds. The smallest absolute Gasteiger partial charge is 0.0561 e. The minimum absolute atomic E-state index is 1.12. The monoisotopic (exact) mass is 814 g/mol. The maximum Gasteiger partial charge on any atom is 0.0561 e. The molecule has 0 saturated heterocycles. The van der Waals surface area contributed by atoms with Gasteiger partial charge in [0.05, 0.1) is 44.1 Å². The molecule has 0 spiro atoms. The van der Waals surface area contributed by atoms with Gasteiger partial charge in [0, 0.05) is 65.8 Å². The second kappa shape index (κ2) is 13.4. The first-order valence-electron chi connectivity index (χ1n) is 22.0. The van der Waals surface area contributed by atoms with E-state index in [9.17, 15) is 0 Å². The Balaban J connectivity index is 0.941. The van der Waals surface area contributed by atoms with Crippen LogP contribution < -0.4 is 0 Å². The summed E-state index contributed by atoms with van der Waals surface area (Å²) in [6, 6.07) is 84.5. The molecule has 64 heavy (non-hydrogen) atoms. The third-order valence-electron chi connectivity index (χ3n) is 13.5. The molecule has 0 saturated carbocycles. The predicted octanol–water partition coefficient (Wildman–Crippen LogP) is 15.7. The van der Waals surface area contributed by atoms with E-state index < -0.39 is 0 Å². The Hall–Kier alpha value is -8.60. The van der Waals surface area contributed by atoms with E-state index in [4.69, 9.17) is 0 Å². The minimum atomic E-state index is 1.12. The van der Waals surface area contributed by atoms with Crippen LogP contribution in [0.1, 0.15) is 0 Å². The van der Waals surface area contributed by atoms with Crippen molar-refractivity contribution in [1.29, 1.82) is 0 Å². The van der Waals surface area contributed by atoms with E-state index in [2.05, 4.69) is 249 Å². The zero-order chi connectivity index (χ0) is 41.9. The van der Waals surface area contributed by atoms with Crippen molar-refractivity contribution in [1.82, 2.24) is 18.3 Å². The molecular formula is C60H38N4. The normalized spacial score (nSPS) is 12.1. The van der Waals surface area contributed by atoms with Gasteiger partial charge in [-0.25, -0.2) is 0 Å². The van der Waals surface area contributed by atoms with Crippen molar-refractivity contribution in [3.05, 3.63) is 231 Å². The molecule has 0 radical (unpaired) electrons. The summed E-state index contributed by atoms with van der Waals surface area (Å²) < 4.78 is 9.68. The summed E-state index contributed by atoms with van der Waals surface area (Å²) in [6.45, 7) is 0. The summed E-state index contributed by atoms with van der Waals surface area (Å²) in [5, 5.41) is 9.97. The number of hydrogen-bond donors (Lipinski definition) is 0. The van der Waals surface area contributed by atoms with Crippen LogP contribution in [-0.2, 0) is 0 Å². The van der Waals surface area contributed by atoms with Gasteiger partial charge in [-0.3, -0.25) is 0 Å². The Morgan fingerprint density at radius 2 is 0.500 bits per heavy atom. The van der Waals surface area contributed by atoms with Crippen molar-refractivity contribution in [2.24, 2.45) is 0 Å². The molecule has 14 aromatic rings. The largest absolute Gasteiger partial charge is 0.309 e. The molecule has 0 aliphatic heterocycles. The highest BCUT2D eigenvalue weighted by atomic mass is 15.0. The molecule has 14 rings (SSSR count). The molecule has 0 aliphatic rings. The Bertz CT molecular complexity index is 4140. The van der Waals surface area contributed by atoms with Crippen molar-refractivity contribution in [3.8, 4) is 33.9 Å². The molecular weight excluding hydrogens is 777 g/mol. The van der Waals surface area contributed by atoms with Crippen LogP contribution in [0.5, 0.6) is 0 Å². The Morgan fingerprint density at radius 3 is 0.969 bits per heavy atom. The fourth-order valence-corrected chi connectivity index (χ4v) is 10.8. The van der Waals surface area contributed by atoms with Crippen LogP contribution in [-0.4, -0.2) is 18.3 Å². The summed E-state index contributed by atoms with van der Waals surface area (Å²) in [5.41, 5.74) is 16.5. The first-order chi connectivity index (χ1) is 31.8. The lowest BCUT2D eigenvalue weighted by Crippen LogP contribution is -1.99. The molecule has 10 aromatic carbocycles. The maximum atomic E-state index is 2.45. The van der Waals surface area contributed by atoms with Gasteiger partial charge in [0.2, 0.25) is 0 Å². The van der Waals surface area contributed by atoms with E-state index in [0.29, 0.717) is 0 Å². The van der Waals surface area contributed by atoms with E-state index in [0.717, 1.165) is 17.1 Å². The lowest BCUT2D eigenvalue weighted by atomic mass is 10.0. The van der Waals surface area contributed by atoms with E-state index in [1.54, 1.807) is 0 Å². The molecule has 4 nitrogen and oxygen atoms in total. The summed E-state index contributed by atoms with van der Waals surface area (Å²) in [7, 11) is 0. The number of hydrogen-bond acceptors (Lipinski definition) is 0. The first kappa shape index (κ1) is 35.0. The average molecular weight is 815 g/mol. The number of para-hydroxylation sites is 6. The van der Waals surface area contributed by atoms with Crippen molar-refractivity contribution in [2.75, 3.05) is 0 Å². The lowest BCUT2D eigenvalue weighted by Gasteiger charge is -2.14. The van der Waals surface area contributed by atoms with Crippen LogP contribution in [0, 0.1) is 0 Å². The number of aromatic nitrogens is 4. The van der Waals surface area contributed by atoms with Gasteiger partial charge in [0.1, 0.15) is 0 Å². The van der Waals surface area contributed by atoms with Crippen molar-refractivity contribution >= 4 is 87.2 Å². The first-order valence-corrected chi connectivity index (χ1v) is 22.0. The maximum absolute atomic E-state index is 2.45. The average Bonchev–Trinajstić information content (AvgIpc) is 4.09. The summed E-state index contributed by atoms with van der Waals surface area (Å²) in [6.07, 6.45) is 0. The van der Waals surface area contributed by atoms with Crippen molar-refractivity contribution in [2.45, 2.75) is 0 Å². The van der Waals surface area contributed by atoms with Gasteiger partial charge in [0.15, 0.2) is 0 Å². The van der Waals surface area contributed by atoms with Gasteiger partial charge in [0.25, 0.3) is 0 Å². The molecule has 0 unspecified atom stereocenters. The molecule has 4 heterocycles. The minimum Gasteiger partial charge on any atom is -0.309 e. The van der Waals surface area contributed by atoms with E-state index >= 15 is 0 Å². The number of nitrogens with zero attached hydrogens (tertiary/aromatic N) is 4. The standard InChI is InChI=1S/C60H38N4/c1-2-15-41(16-3-1)61-56-27-12-7-22-48(56)51-35-39(29-33-58(51)61)40-30-34-59-52(36-40)49-23-8-13-28-57(49)63(59)44-31-32-50-47-21-6-11-26-55(47)64(60(50)38-44)43-18-14-17-42(37-43)62-53-24-9-4-19-45(53)46-20-5-10-25-54(46)62/h1-38H. The van der Waals surface area contributed by atoms with Crippen LogP contribution in [0.15, 0.2) is 231 Å². The van der Waals surface area contributed by atoms with Crippen LogP contribution in [0.4, 0.5) is 0 Å². The van der Waals surface area contributed by atoms with Gasteiger partial charge >= 0.3 is 0 Å². The summed E-state index contributed by atoms with van der Waals surface area (Å²) >= 11 is 0. The van der Waals surface area contributed by atoms with Gasteiger partial charge in [-0.1, -0.05) is 133 Å². The molecule has 0 fully saturated rings. The molecule has 0 N–H and O–H groups in total. The van der Waals surface area contributed by atoms with Crippen LogP contribution in [0.25, 0.3) is 121 Å². The molecule has 4 heteroatoms. The highest BCUT2D eigenvalue weighted by Crippen LogP contribution is 2.41. The van der Waals surface area contributed by atoms with Crippen molar-refractivity contribution in [3.63, 3.8) is 0 Å². The Kier molecular flexibility index (Phi) is 7.36. The third kappa shape index (κ3) is 4.99. The Morgan fingerprint density at radius 1 is 0.172 bits per heavy atom. The van der Waals surface area contributed by atoms with E-state index in [1.807, 2.05) is 0 Å². The van der Waals surface area contributed by atoms with Crippen molar-refractivity contribution < 1.29 is 0 Å². The molecule has 4 aromatic heterocycles. The second-order valence-electron chi connectivity index (χ2n) is 16.9. The molecule has 0 atom stereocenters. The predicted molar refractivity (Wildman–Crippen MR) is 269 cm³/mol. The van der Waals surface area contributed by atoms with E-state index in [-0.39, 0.29) is 0 Å². The third-order valence-corrected chi connectivity index (χ3v) is 13.5. The zero-order valence-corrected chi connectivity index (χ0v) is 34.7. The molecule has 0 aliphatic carbocycles. The lowest BCUT2D eigenvalue weighted by molar-refractivity contribution is 1.13.